The summed E-state index contributed by atoms with van der Waals surface area (Å²) in [6, 6.07) is 16.4. The van der Waals surface area contributed by atoms with E-state index in [1.54, 1.807) is 29.2 Å². The van der Waals surface area contributed by atoms with Crippen LogP contribution >= 0.6 is 0 Å². The van der Waals surface area contributed by atoms with Crippen LogP contribution in [-0.2, 0) is 11.2 Å². The molecule has 0 aromatic heterocycles. The molecule has 2 N–H and O–H groups in total. The second-order valence-electron chi connectivity index (χ2n) is 6.15. The lowest BCUT2D eigenvalue weighted by atomic mass is 10.1. The SMILES string of the molecule is NCCN(CCc1ccccc1)C(=O)CN1C(=O)c2ccccc2C1=O. The van der Waals surface area contributed by atoms with E-state index in [0.717, 1.165) is 10.5 Å². The summed E-state index contributed by atoms with van der Waals surface area (Å²) in [7, 11) is 0. The lowest BCUT2D eigenvalue weighted by Crippen LogP contribution is -2.45. The normalized spacial score (nSPS) is 13.0. The summed E-state index contributed by atoms with van der Waals surface area (Å²) in [5.41, 5.74) is 7.43. The zero-order valence-corrected chi connectivity index (χ0v) is 14.4. The molecule has 3 rings (SSSR count). The van der Waals surface area contributed by atoms with Crippen LogP contribution in [0.4, 0.5) is 0 Å². The van der Waals surface area contributed by atoms with Gasteiger partial charge in [0.15, 0.2) is 0 Å². The van der Waals surface area contributed by atoms with E-state index in [1.807, 2.05) is 30.3 Å². The Bertz CT molecular complexity index is 785. The second kappa shape index (κ2) is 7.93. The molecule has 0 fully saturated rings. The number of rotatable bonds is 7. The molecular weight excluding hydrogens is 330 g/mol. The summed E-state index contributed by atoms with van der Waals surface area (Å²) in [5.74, 6) is -1.12. The highest BCUT2D eigenvalue weighted by Gasteiger charge is 2.36. The summed E-state index contributed by atoms with van der Waals surface area (Å²) in [6.07, 6.45) is 0.689. The minimum absolute atomic E-state index is 0.263. The number of carbonyl (C=O) groups is 3. The number of carbonyl (C=O) groups excluding carboxylic acids is 3. The molecule has 2 aromatic rings. The number of fused-ring (bicyclic) bond motifs is 1. The third-order valence-electron chi connectivity index (χ3n) is 4.44. The summed E-state index contributed by atoms with van der Waals surface area (Å²) in [5, 5.41) is 0. The van der Waals surface area contributed by atoms with E-state index in [2.05, 4.69) is 0 Å². The van der Waals surface area contributed by atoms with Gasteiger partial charge in [0.1, 0.15) is 6.54 Å². The van der Waals surface area contributed by atoms with Crippen molar-refractivity contribution in [2.24, 2.45) is 5.73 Å². The Morgan fingerprint density at radius 1 is 0.885 bits per heavy atom. The van der Waals surface area contributed by atoms with Gasteiger partial charge in [0.05, 0.1) is 11.1 Å². The van der Waals surface area contributed by atoms with Gasteiger partial charge in [-0.15, -0.1) is 0 Å². The zero-order valence-electron chi connectivity index (χ0n) is 14.4. The number of benzene rings is 2. The van der Waals surface area contributed by atoms with Crippen LogP contribution < -0.4 is 5.73 Å². The molecule has 0 saturated heterocycles. The Morgan fingerprint density at radius 3 is 2.04 bits per heavy atom. The largest absolute Gasteiger partial charge is 0.340 e. The molecule has 6 nitrogen and oxygen atoms in total. The van der Waals surface area contributed by atoms with Gasteiger partial charge in [-0.25, -0.2) is 0 Å². The first-order valence-electron chi connectivity index (χ1n) is 8.59. The molecule has 26 heavy (non-hydrogen) atoms. The highest BCUT2D eigenvalue weighted by Crippen LogP contribution is 2.22. The molecule has 1 heterocycles. The fourth-order valence-electron chi connectivity index (χ4n) is 3.04. The maximum absolute atomic E-state index is 12.7. The Hall–Kier alpha value is -2.99. The van der Waals surface area contributed by atoms with Crippen molar-refractivity contribution in [3.8, 4) is 0 Å². The quantitative estimate of drug-likeness (QED) is 0.763. The third-order valence-corrected chi connectivity index (χ3v) is 4.44. The Kier molecular flexibility index (Phi) is 5.43. The van der Waals surface area contributed by atoms with Crippen LogP contribution in [0.1, 0.15) is 26.3 Å². The molecule has 3 amide bonds. The van der Waals surface area contributed by atoms with Gasteiger partial charge >= 0.3 is 0 Å². The van der Waals surface area contributed by atoms with Crippen LogP contribution in [0.25, 0.3) is 0 Å². The molecule has 1 aliphatic rings. The predicted octanol–water partition coefficient (Wildman–Crippen LogP) is 1.31. The predicted molar refractivity (Wildman–Crippen MR) is 97.6 cm³/mol. The summed E-state index contributed by atoms with van der Waals surface area (Å²) in [6.45, 7) is 0.932. The topological polar surface area (TPSA) is 83.7 Å². The van der Waals surface area contributed by atoms with Crippen LogP contribution in [0.3, 0.4) is 0 Å². The molecule has 0 spiro atoms. The van der Waals surface area contributed by atoms with Crippen molar-refractivity contribution >= 4 is 17.7 Å². The molecule has 134 valence electrons. The van der Waals surface area contributed by atoms with Crippen LogP contribution in [0.5, 0.6) is 0 Å². The van der Waals surface area contributed by atoms with E-state index < -0.39 is 11.8 Å². The molecule has 0 bridgehead atoms. The van der Waals surface area contributed by atoms with Gasteiger partial charge in [0.25, 0.3) is 11.8 Å². The summed E-state index contributed by atoms with van der Waals surface area (Å²) < 4.78 is 0. The number of nitrogens with two attached hydrogens (primary N) is 1. The third kappa shape index (κ3) is 3.65. The molecular formula is C20H21N3O3. The van der Waals surface area contributed by atoms with Gasteiger partial charge in [-0.05, 0) is 24.1 Å². The molecule has 0 unspecified atom stereocenters. The van der Waals surface area contributed by atoms with E-state index in [1.165, 1.54) is 0 Å². The van der Waals surface area contributed by atoms with Crippen LogP contribution in [0.15, 0.2) is 54.6 Å². The maximum Gasteiger partial charge on any atom is 0.262 e. The van der Waals surface area contributed by atoms with E-state index in [0.29, 0.717) is 37.2 Å². The molecule has 2 aromatic carbocycles. The minimum Gasteiger partial charge on any atom is -0.340 e. The Labute approximate surface area is 152 Å². The van der Waals surface area contributed by atoms with E-state index in [4.69, 9.17) is 5.73 Å². The van der Waals surface area contributed by atoms with Crippen molar-refractivity contribution in [1.29, 1.82) is 0 Å². The van der Waals surface area contributed by atoms with Crippen molar-refractivity contribution in [1.82, 2.24) is 9.80 Å². The average Bonchev–Trinajstić information content (AvgIpc) is 2.91. The van der Waals surface area contributed by atoms with E-state index >= 15 is 0 Å². The average molecular weight is 351 g/mol. The van der Waals surface area contributed by atoms with Crippen molar-refractivity contribution in [2.75, 3.05) is 26.2 Å². The molecule has 6 heteroatoms. The highest BCUT2D eigenvalue weighted by atomic mass is 16.2. The molecule has 0 aliphatic carbocycles. The Balaban J connectivity index is 1.67. The fraction of sp³-hybridized carbons (Fsp3) is 0.250. The minimum atomic E-state index is -0.422. The first-order valence-corrected chi connectivity index (χ1v) is 8.59. The van der Waals surface area contributed by atoms with Gasteiger partial charge in [-0.3, -0.25) is 19.3 Å². The first kappa shape index (κ1) is 17.8. The summed E-state index contributed by atoms with van der Waals surface area (Å²) >= 11 is 0. The van der Waals surface area contributed by atoms with Crippen molar-refractivity contribution in [3.63, 3.8) is 0 Å². The van der Waals surface area contributed by atoms with Gasteiger partial charge in [0, 0.05) is 19.6 Å². The molecule has 0 atom stereocenters. The van der Waals surface area contributed by atoms with Crippen LogP contribution in [0, 0.1) is 0 Å². The van der Waals surface area contributed by atoms with E-state index in [9.17, 15) is 14.4 Å². The number of nitrogens with zero attached hydrogens (tertiary/aromatic N) is 2. The van der Waals surface area contributed by atoms with Gasteiger partial charge in [0.2, 0.25) is 5.91 Å². The Morgan fingerprint density at radius 2 is 1.46 bits per heavy atom. The maximum atomic E-state index is 12.7. The van der Waals surface area contributed by atoms with E-state index in [-0.39, 0.29) is 12.5 Å². The van der Waals surface area contributed by atoms with Gasteiger partial charge < -0.3 is 10.6 Å². The second-order valence-corrected chi connectivity index (χ2v) is 6.15. The first-order chi connectivity index (χ1) is 12.6. The highest BCUT2D eigenvalue weighted by molar-refractivity contribution is 6.22. The van der Waals surface area contributed by atoms with Crippen molar-refractivity contribution in [2.45, 2.75) is 6.42 Å². The number of amides is 3. The summed E-state index contributed by atoms with van der Waals surface area (Å²) in [4.78, 5) is 40.1. The van der Waals surface area contributed by atoms with Gasteiger partial charge in [-0.1, -0.05) is 42.5 Å². The lowest BCUT2D eigenvalue weighted by Gasteiger charge is -2.24. The monoisotopic (exact) mass is 351 g/mol. The number of hydrogen-bond donors (Lipinski definition) is 1. The molecule has 1 aliphatic heterocycles. The molecule has 0 radical (unpaired) electrons. The number of hydrogen-bond acceptors (Lipinski definition) is 4. The standard InChI is InChI=1S/C20H21N3O3/c21-11-13-22(12-10-15-6-2-1-3-7-15)18(24)14-23-19(25)16-8-4-5-9-17(16)20(23)26/h1-9H,10-14,21H2. The lowest BCUT2D eigenvalue weighted by molar-refractivity contribution is -0.131. The smallest absolute Gasteiger partial charge is 0.262 e. The van der Waals surface area contributed by atoms with Gasteiger partial charge in [-0.2, -0.15) is 0 Å². The van der Waals surface area contributed by atoms with Crippen molar-refractivity contribution in [3.05, 3.63) is 71.3 Å². The van der Waals surface area contributed by atoms with Crippen molar-refractivity contribution < 1.29 is 14.4 Å². The number of imide groups is 1. The fourth-order valence-corrected chi connectivity index (χ4v) is 3.04. The van der Waals surface area contributed by atoms with Crippen LogP contribution in [0.2, 0.25) is 0 Å². The zero-order chi connectivity index (χ0) is 18.5. The molecule has 0 saturated carbocycles. The van der Waals surface area contributed by atoms with Crippen LogP contribution in [-0.4, -0.2) is 53.7 Å².